The fraction of sp³-hybridized carbons (Fsp3) is 0.500. The Morgan fingerprint density at radius 1 is 1.50 bits per heavy atom. The van der Waals surface area contributed by atoms with Crippen LogP contribution in [0.25, 0.3) is 0 Å². The standard InChI is InChI=1S/C12H16BrNO2/c1-14-7-12(3-4-12)8-5-10(15)11(16-2)6-9(8)13/h5-6,14-15H,3-4,7H2,1-2H3. The maximum absolute atomic E-state index is 9.81. The first-order valence-corrected chi connectivity index (χ1v) is 6.14. The van der Waals surface area contributed by atoms with Crippen molar-refractivity contribution in [1.29, 1.82) is 0 Å². The van der Waals surface area contributed by atoms with Gasteiger partial charge < -0.3 is 15.2 Å². The predicted molar refractivity (Wildman–Crippen MR) is 67.2 cm³/mol. The first kappa shape index (κ1) is 11.7. The quantitative estimate of drug-likeness (QED) is 0.893. The summed E-state index contributed by atoms with van der Waals surface area (Å²) in [4.78, 5) is 0. The number of nitrogens with one attached hydrogen (secondary N) is 1. The highest BCUT2D eigenvalue weighted by atomic mass is 79.9. The van der Waals surface area contributed by atoms with E-state index >= 15 is 0 Å². The van der Waals surface area contributed by atoms with Gasteiger partial charge in [-0.05, 0) is 37.6 Å². The molecule has 3 nitrogen and oxygen atoms in total. The number of methoxy groups -OCH3 is 1. The van der Waals surface area contributed by atoms with Gasteiger partial charge in [0.15, 0.2) is 11.5 Å². The molecule has 2 rings (SSSR count). The number of hydrogen-bond donors (Lipinski definition) is 2. The van der Waals surface area contributed by atoms with Crippen molar-refractivity contribution in [2.24, 2.45) is 0 Å². The van der Waals surface area contributed by atoms with E-state index in [1.165, 1.54) is 5.56 Å². The lowest BCUT2D eigenvalue weighted by Gasteiger charge is -2.18. The zero-order valence-corrected chi connectivity index (χ0v) is 11.1. The van der Waals surface area contributed by atoms with Gasteiger partial charge in [0.25, 0.3) is 0 Å². The minimum Gasteiger partial charge on any atom is -0.504 e. The van der Waals surface area contributed by atoms with Crippen molar-refractivity contribution in [2.75, 3.05) is 20.7 Å². The van der Waals surface area contributed by atoms with E-state index in [1.807, 2.05) is 19.2 Å². The lowest BCUT2D eigenvalue weighted by atomic mass is 9.95. The van der Waals surface area contributed by atoms with E-state index in [0.717, 1.165) is 23.9 Å². The molecule has 0 heterocycles. The Morgan fingerprint density at radius 3 is 2.69 bits per heavy atom. The highest BCUT2D eigenvalue weighted by Gasteiger charge is 2.45. The minimum absolute atomic E-state index is 0.192. The largest absolute Gasteiger partial charge is 0.504 e. The van der Waals surface area contributed by atoms with Crippen molar-refractivity contribution in [1.82, 2.24) is 5.32 Å². The van der Waals surface area contributed by atoms with Gasteiger partial charge in [0.05, 0.1) is 7.11 Å². The molecule has 16 heavy (non-hydrogen) atoms. The number of phenolic OH excluding ortho intramolecular Hbond substituents is 1. The van der Waals surface area contributed by atoms with Gasteiger partial charge in [-0.1, -0.05) is 15.9 Å². The number of benzene rings is 1. The molecular formula is C12H16BrNO2. The van der Waals surface area contributed by atoms with E-state index in [4.69, 9.17) is 4.74 Å². The fourth-order valence-corrected chi connectivity index (χ4v) is 2.89. The molecule has 0 radical (unpaired) electrons. The number of rotatable bonds is 4. The number of phenols is 1. The number of hydrogen-bond acceptors (Lipinski definition) is 3. The zero-order chi connectivity index (χ0) is 11.8. The molecule has 0 bridgehead atoms. The van der Waals surface area contributed by atoms with Crippen molar-refractivity contribution in [3.05, 3.63) is 22.2 Å². The molecule has 0 spiro atoms. The summed E-state index contributed by atoms with van der Waals surface area (Å²) in [5, 5.41) is 13.0. The third-order valence-corrected chi connectivity index (χ3v) is 3.86. The average Bonchev–Trinajstić information content (AvgIpc) is 3.02. The summed E-state index contributed by atoms with van der Waals surface area (Å²) in [6.07, 6.45) is 2.33. The molecule has 0 atom stereocenters. The summed E-state index contributed by atoms with van der Waals surface area (Å²) < 4.78 is 6.09. The van der Waals surface area contributed by atoms with Gasteiger partial charge in [-0.15, -0.1) is 0 Å². The molecule has 0 amide bonds. The maximum Gasteiger partial charge on any atom is 0.161 e. The minimum atomic E-state index is 0.192. The van der Waals surface area contributed by atoms with Crippen LogP contribution in [0.3, 0.4) is 0 Å². The van der Waals surface area contributed by atoms with Gasteiger partial charge in [-0.3, -0.25) is 0 Å². The summed E-state index contributed by atoms with van der Waals surface area (Å²) in [6, 6.07) is 3.65. The van der Waals surface area contributed by atoms with Gasteiger partial charge in [0.2, 0.25) is 0 Å². The van der Waals surface area contributed by atoms with Crippen molar-refractivity contribution in [3.63, 3.8) is 0 Å². The van der Waals surface area contributed by atoms with Crippen LogP contribution >= 0.6 is 15.9 Å². The molecule has 4 heteroatoms. The maximum atomic E-state index is 9.81. The molecule has 2 N–H and O–H groups in total. The molecule has 1 saturated carbocycles. The molecule has 0 aromatic heterocycles. The second kappa shape index (κ2) is 4.26. The number of aromatic hydroxyl groups is 1. The van der Waals surface area contributed by atoms with Crippen LogP contribution in [-0.4, -0.2) is 25.8 Å². The third kappa shape index (κ3) is 1.92. The van der Waals surface area contributed by atoms with Gasteiger partial charge in [-0.2, -0.15) is 0 Å². The lowest BCUT2D eigenvalue weighted by Crippen LogP contribution is -2.23. The smallest absolute Gasteiger partial charge is 0.161 e. The van der Waals surface area contributed by atoms with E-state index in [9.17, 15) is 5.11 Å². The second-order valence-corrected chi connectivity index (χ2v) is 5.17. The van der Waals surface area contributed by atoms with Crippen LogP contribution in [0.1, 0.15) is 18.4 Å². The lowest BCUT2D eigenvalue weighted by molar-refractivity contribution is 0.372. The highest BCUT2D eigenvalue weighted by molar-refractivity contribution is 9.10. The molecule has 1 fully saturated rings. The zero-order valence-electron chi connectivity index (χ0n) is 9.51. The van der Waals surface area contributed by atoms with Gasteiger partial charge >= 0.3 is 0 Å². The van der Waals surface area contributed by atoms with Crippen LogP contribution in [0.2, 0.25) is 0 Å². The summed E-state index contributed by atoms with van der Waals surface area (Å²) in [5.74, 6) is 0.721. The van der Waals surface area contributed by atoms with Crippen LogP contribution in [0.4, 0.5) is 0 Å². The van der Waals surface area contributed by atoms with E-state index in [-0.39, 0.29) is 11.2 Å². The Hall–Kier alpha value is -0.740. The Morgan fingerprint density at radius 2 is 2.19 bits per heavy atom. The van der Waals surface area contributed by atoms with Crippen molar-refractivity contribution >= 4 is 15.9 Å². The van der Waals surface area contributed by atoms with Crippen LogP contribution in [0.15, 0.2) is 16.6 Å². The molecule has 0 aliphatic heterocycles. The summed E-state index contributed by atoms with van der Waals surface area (Å²) in [6.45, 7) is 0.942. The third-order valence-electron chi connectivity index (χ3n) is 3.21. The SMILES string of the molecule is CNCC1(c2cc(O)c(OC)cc2Br)CC1. The molecule has 0 saturated heterocycles. The topological polar surface area (TPSA) is 41.5 Å². The second-order valence-electron chi connectivity index (χ2n) is 4.31. The molecule has 1 aliphatic carbocycles. The van der Waals surface area contributed by atoms with Crippen LogP contribution in [0.5, 0.6) is 11.5 Å². The Labute approximate surface area is 104 Å². The monoisotopic (exact) mass is 285 g/mol. The van der Waals surface area contributed by atoms with E-state index in [2.05, 4.69) is 21.2 Å². The summed E-state index contributed by atoms with van der Waals surface area (Å²) in [5.41, 5.74) is 1.36. The number of ether oxygens (including phenoxy) is 1. The van der Waals surface area contributed by atoms with E-state index < -0.39 is 0 Å². The van der Waals surface area contributed by atoms with Gasteiger partial charge in [0, 0.05) is 16.4 Å². The summed E-state index contributed by atoms with van der Waals surface area (Å²) in [7, 11) is 3.51. The van der Waals surface area contributed by atoms with Crippen LogP contribution in [-0.2, 0) is 5.41 Å². The Bertz CT molecular complexity index is 402. The number of likely N-dealkylation sites (N-methyl/N-ethyl adjacent to an activating group) is 1. The van der Waals surface area contributed by atoms with Crippen molar-refractivity contribution in [3.8, 4) is 11.5 Å². The first-order valence-electron chi connectivity index (χ1n) is 5.34. The number of halogens is 1. The Balaban J connectivity index is 2.39. The first-order chi connectivity index (χ1) is 7.63. The van der Waals surface area contributed by atoms with E-state index in [1.54, 1.807) is 7.11 Å². The van der Waals surface area contributed by atoms with Crippen LogP contribution < -0.4 is 10.1 Å². The van der Waals surface area contributed by atoms with Gasteiger partial charge in [-0.25, -0.2) is 0 Å². The normalized spacial score (nSPS) is 17.2. The van der Waals surface area contributed by atoms with Crippen LogP contribution in [0, 0.1) is 0 Å². The molecule has 0 unspecified atom stereocenters. The fourth-order valence-electron chi connectivity index (χ4n) is 2.14. The average molecular weight is 286 g/mol. The molecule has 1 aromatic rings. The summed E-state index contributed by atoms with van der Waals surface area (Å²) >= 11 is 3.55. The van der Waals surface area contributed by atoms with Gasteiger partial charge in [0.1, 0.15) is 0 Å². The van der Waals surface area contributed by atoms with Crippen molar-refractivity contribution in [2.45, 2.75) is 18.3 Å². The Kier molecular flexibility index (Phi) is 3.13. The molecule has 1 aromatic carbocycles. The molecular weight excluding hydrogens is 270 g/mol. The van der Waals surface area contributed by atoms with Crippen molar-refractivity contribution < 1.29 is 9.84 Å². The highest BCUT2D eigenvalue weighted by Crippen LogP contribution is 2.51. The molecule has 1 aliphatic rings. The van der Waals surface area contributed by atoms with E-state index in [0.29, 0.717) is 5.75 Å². The predicted octanol–water partition coefficient (Wildman–Crippen LogP) is 2.41. The molecule has 88 valence electrons.